The molecule has 6 heteroatoms. The molecule has 1 fully saturated rings. The molecule has 0 radical (unpaired) electrons. The first-order valence-electron chi connectivity index (χ1n) is 5.08. The lowest BCUT2D eigenvalue weighted by Gasteiger charge is -2.10. The van der Waals surface area contributed by atoms with Gasteiger partial charge >= 0.3 is 0 Å². The molecule has 1 aromatic rings. The molecule has 2 rings (SSSR count). The van der Waals surface area contributed by atoms with E-state index in [1.54, 1.807) is 7.11 Å². The summed E-state index contributed by atoms with van der Waals surface area (Å²) >= 11 is 5.16. The number of hydrogen-bond donors (Lipinski definition) is 1. The van der Waals surface area contributed by atoms with Crippen LogP contribution < -0.4 is 0 Å². The van der Waals surface area contributed by atoms with E-state index < -0.39 is 0 Å². The number of nitrogens with zero attached hydrogens (tertiary/aromatic N) is 2. The Bertz CT molecular complexity index is 368. The molecule has 84 valence electrons. The van der Waals surface area contributed by atoms with Crippen LogP contribution in [0.4, 0.5) is 0 Å². The molecule has 0 aliphatic carbocycles. The number of aromatic amines is 1. The Morgan fingerprint density at radius 2 is 2.60 bits per heavy atom. The maximum Gasteiger partial charge on any atom is 0.195 e. The summed E-state index contributed by atoms with van der Waals surface area (Å²) in [4.78, 5) is 0. The molecule has 1 aliphatic rings. The Morgan fingerprint density at radius 3 is 3.27 bits per heavy atom. The largest absolute Gasteiger partial charge is 0.383 e. The zero-order chi connectivity index (χ0) is 10.7. The molecule has 1 unspecified atom stereocenters. The smallest absolute Gasteiger partial charge is 0.195 e. The Morgan fingerprint density at radius 1 is 1.73 bits per heavy atom. The molecule has 0 aromatic carbocycles. The van der Waals surface area contributed by atoms with Crippen molar-refractivity contribution in [2.75, 3.05) is 20.3 Å². The fourth-order valence-corrected chi connectivity index (χ4v) is 1.99. The van der Waals surface area contributed by atoms with Gasteiger partial charge in [-0.15, -0.1) is 0 Å². The Labute approximate surface area is 93.4 Å². The maximum atomic E-state index is 5.58. The summed E-state index contributed by atoms with van der Waals surface area (Å²) < 4.78 is 13.2. The molecule has 0 bridgehead atoms. The average molecular weight is 229 g/mol. The highest BCUT2D eigenvalue weighted by Crippen LogP contribution is 2.26. The third kappa shape index (κ3) is 2.27. The summed E-state index contributed by atoms with van der Waals surface area (Å²) in [5.74, 6) is 0.898. The first-order valence-corrected chi connectivity index (χ1v) is 5.49. The Balaban J connectivity index is 2.18. The summed E-state index contributed by atoms with van der Waals surface area (Å²) in [5.41, 5.74) is 0. The van der Waals surface area contributed by atoms with Gasteiger partial charge in [-0.3, -0.25) is 9.67 Å². The third-order valence-electron chi connectivity index (χ3n) is 2.52. The lowest BCUT2D eigenvalue weighted by molar-refractivity contribution is 0.0991. The van der Waals surface area contributed by atoms with Crippen molar-refractivity contribution in [1.82, 2.24) is 14.8 Å². The van der Waals surface area contributed by atoms with Crippen molar-refractivity contribution < 1.29 is 9.47 Å². The van der Waals surface area contributed by atoms with E-state index in [2.05, 4.69) is 10.2 Å². The summed E-state index contributed by atoms with van der Waals surface area (Å²) in [7, 11) is 1.68. The van der Waals surface area contributed by atoms with E-state index in [0.29, 0.717) is 11.4 Å². The van der Waals surface area contributed by atoms with Crippen LogP contribution in [0.5, 0.6) is 0 Å². The maximum absolute atomic E-state index is 5.58. The minimum Gasteiger partial charge on any atom is -0.383 e. The van der Waals surface area contributed by atoms with E-state index in [1.807, 2.05) is 4.57 Å². The SMILES string of the molecule is COCCn1c(C2CCCO2)n[nH]c1=S. The van der Waals surface area contributed by atoms with Gasteiger partial charge in [-0.05, 0) is 25.1 Å². The van der Waals surface area contributed by atoms with Gasteiger partial charge in [-0.25, -0.2) is 0 Å². The van der Waals surface area contributed by atoms with Gasteiger partial charge in [0.25, 0.3) is 0 Å². The van der Waals surface area contributed by atoms with Gasteiger partial charge in [0.05, 0.1) is 13.2 Å². The van der Waals surface area contributed by atoms with E-state index in [1.165, 1.54) is 0 Å². The third-order valence-corrected chi connectivity index (χ3v) is 2.84. The van der Waals surface area contributed by atoms with Crippen molar-refractivity contribution in [2.24, 2.45) is 0 Å². The summed E-state index contributed by atoms with van der Waals surface area (Å²) in [5, 5.41) is 7.02. The summed E-state index contributed by atoms with van der Waals surface area (Å²) in [6.07, 6.45) is 2.20. The molecule has 1 saturated heterocycles. The van der Waals surface area contributed by atoms with Crippen molar-refractivity contribution in [3.8, 4) is 0 Å². The second-order valence-electron chi connectivity index (χ2n) is 3.53. The normalized spacial score (nSPS) is 21.0. The molecule has 1 N–H and O–H groups in total. The fraction of sp³-hybridized carbons (Fsp3) is 0.778. The first-order chi connectivity index (χ1) is 7.33. The molecule has 1 aromatic heterocycles. The number of aromatic nitrogens is 3. The predicted octanol–water partition coefficient (Wildman–Crippen LogP) is 1.44. The van der Waals surface area contributed by atoms with Crippen molar-refractivity contribution in [2.45, 2.75) is 25.5 Å². The average Bonchev–Trinajstić information content (AvgIpc) is 2.84. The second-order valence-corrected chi connectivity index (χ2v) is 3.92. The molecule has 0 spiro atoms. The van der Waals surface area contributed by atoms with E-state index in [0.717, 1.165) is 31.8 Å². The quantitative estimate of drug-likeness (QED) is 0.794. The Kier molecular flexibility index (Phi) is 3.50. The van der Waals surface area contributed by atoms with Crippen LogP contribution in [-0.2, 0) is 16.0 Å². The Hall–Kier alpha value is -0.720. The van der Waals surface area contributed by atoms with Crippen LogP contribution in [0, 0.1) is 4.77 Å². The van der Waals surface area contributed by atoms with E-state index in [-0.39, 0.29) is 6.10 Å². The fourth-order valence-electron chi connectivity index (χ4n) is 1.76. The molecular weight excluding hydrogens is 214 g/mol. The predicted molar refractivity (Wildman–Crippen MR) is 57.2 cm³/mol. The molecule has 0 amide bonds. The topological polar surface area (TPSA) is 52.1 Å². The van der Waals surface area contributed by atoms with Crippen molar-refractivity contribution in [3.63, 3.8) is 0 Å². The van der Waals surface area contributed by atoms with Crippen LogP contribution in [0.15, 0.2) is 0 Å². The van der Waals surface area contributed by atoms with Crippen molar-refractivity contribution in [1.29, 1.82) is 0 Å². The zero-order valence-electron chi connectivity index (χ0n) is 8.73. The molecule has 1 aliphatic heterocycles. The first kappa shape index (κ1) is 10.8. The standard InChI is InChI=1S/C9H15N3O2S/c1-13-6-4-12-8(10-11-9(12)15)7-3-2-5-14-7/h7H,2-6H2,1H3,(H,11,15). The van der Waals surface area contributed by atoms with Crippen LogP contribution in [0.3, 0.4) is 0 Å². The number of H-pyrrole nitrogens is 1. The highest BCUT2D eigenvalue weighted by atomic mass is 32.1. The van der Waals surface area contributed by atoms with E-state index >= 15 is 0 Å². The van der Waals surface area contributed by atoms with Crippen LogP contribution in [0.2, 0.25) is 0 Å². The molecule has 5 nitrogen and oxygen atoms in total. The minimum absolute atomic E-state index is 0.0924. The van der Waals surface area contributed by atoms with E-state index in [4.69, 9.17) is 21.7 Å². The summed E-state index contributed by atoms with van der Waals surface area (Å²) in [6.45, 7) is 2.17. The zero-order valence-corrected chi connectivity index (χ0v) is 9.55. The lowest BCUT2D eigenvalue weighted by Crippen LogP contribution is -2.11. The van der Waals surface area contributed by atoms with Gasteiger partial charge < -0.3 is 9.47 Å². The molecule has 1 atom stereocenters. The molecule has 0 saturated carbocycles. The van der Waals surface area contributed by atoms with Crippen LogP contribution in [-0.4, -0.2) is 35.1 Å². The van der Waals surface area contributed by atoms with E-state index in [9.17, 15) is 0 Å². The number of rotatable bonds is 4. The molecular formula is C9H15N3O2S. The van der Waals surface area contributed by atoms with Crippen LogP contribution in [0.25, 0.3) is 0 Å². The van der Waals surface area contributed by atoms with Gasteiger partial charge in [-0.1, -0.05) is 0 Å². The highest BCUT2D eigenvalue weighted by Gasteiger charge is 2.23. The monoisotopic (exact) mass is 229 g/mol. The minimum atomic E-state index is 0.0924. The van der Waals surface area contributed by atoms with Gasteiger partial charge in [0.15, 0.2) is 10.6 Å². The van der Waals surface area contributed by atoms with Crippen molar-refractivity contribution >= 4 is 12.2 Å². The van der Waals surface area contributed by atoms with Crippen LogP contribution in [0.1, 0.15) is 24.8 Å². The van der Waals surface area contributed by atoms with Crippen LogP contribution >= 0.6 is 12.2 Å². The number of nitrogens with one attached hydrogen (secondary N) is 1. The molecule has 2 heterocycles. The van der Waals surface area contributed by atoms with Gasteiger partial charge in [0, 0.05) is 13.7 Å². The summed E-state index contributed by atoms with van der Waals surface area (Å²) in [6, 6.07) is 0. The number of methoxy groups -OCH3 is 1. The molecule has 15 heavy (non-hydrogen) atoms. The highest BCUT2D eigenvalue weighted by molar-refractivity contribution is 7.71. The van der Waals surface area contributed by atoms with Crippen molar-refractivity contribution in [3.05, 3.63) is 10.6 Å². The number of hydrogen-bond acceptors (Lipinski definition) is 4. The second kappa shape index (κ2) is 4.87. The lowest BCUT2D eigenvalue weighted by atomic mass is 10.2. The number of ether oxygens (including phenoxy) is 2. The van der Waals surface area contributed by atoms with Gasteiger partial charge in [0.1, 0.15) is 6.10 Å². The van der Waals surface area contributed by atoms with Gasteiger partial charge in [-0.2, -0.15) is 5.10 Å². The van der Waals surface area contributed by atoms with Gasteiger partial charge in [0.2, 0.25) is 0 Å².